The molecule has 2 N–H and O–H groups in total. The number of anilines is 1. The van der Waals surface area contributed by atoms with E-state index in [0.29, 0.717) is 6.42 Å². The van der Waals surface area contributed by atoms with Crippen molar-refractivity contribution in [1.29, 1.82) is 0 Å². The molecule has 0 radical (unpaired) electrons. The summed E-state index contributed by atoms with van der Waals surface area (Å²) < 4.78 is 27.5. The number of nitrogens with zero attached hydrogens (tertiary/aromatic N) is 1. The van der Waals surface area contributed by atoms with Crippen molar-refractivity contribution in [3.8, 4) is 0 Å². The minimum atomic E-state index is -2.99. The fraction of sp³-hybridized carbons (Fsp3) is 0.545. The molecule has 1 aliphatic heterocycles. The van der Waals surface area contributed by atoms with Gasteiger partial charge in [0.1, 0.15) is 5.82 Å². The van der Waals surface area contributed by atoms with Crippen molar-refractivity contribution in [2.24, 2.45) is 0 Å². The Morgan fingerprint density at radius 2 is 2.38 bits per heavy atom. The number of rotatable bonds is 4. The minimum Gasteiger partial charge on any atom is -0.450 e. The van der Waals surface area contributed by atoms with Crippen LogP contribution in [0.1, 0.15) is 13.3 Å². The molecule has 21 heavy (non-hydrogen) atoms. The van der Waals surface area contributed by atoms with Crippen molar-refractivity contribution < 1.29 is 17.9 Å². The Morgan fingerprint density at radius 1 is 1.62 bits per heavy atom. The SMILES string of the molecule is CCOC(=O)Nc1cc(=O)[nH]c(SC2CCS(=O)(=O)C2)n1. The first-order chi connectivity index (χ1) is 9.88. The van der Waals surface area contributed by atoms with E-state index in [4.69, 9.17) is 4.74 Å². The van der Waals surface area contributed by atoms with E-state index in [2.05, 4.69) is 15.3 Å². The quantitative estimate of drug-likeness (QED) is 0.775. The molecule has 10 heteroatoms. The second kappa shape index (κ2) is 6.48. The van der Waals surface area contributed by atoms with Crippen molar-refractivity contribution in [2.45, 2.75) is 23.8 Å². The van der Waals surface area contributed by atoms with Gasteiger partial charge in [-0.15, -0.1) is 0 Å². The monoisotopic (exact) mass is 333 g/mol. The lowest BCUT2D eigenvalue weighted by molar-refractivity contribution is 0.168. The highest BCUT2D eigenvalue weighted by atomic mass is 32.2. The fourth-order valence-corrected chi connectivity index (χ4v) is 5.29. The number of carbonyl (C=O) groups is 1. The molecule has 1 aliphatic rings. The molecule has 0 saturated carbocycles. The van der Waals surface area contributed by atoms with E-state index in [1.165, 1.54) is 11.8 Å². The molecule has 1 amide bonds. The highest BCUT2D eigenvalue weighted by molar-refractivity contribution is 8.01. The van der Waals surface area contributed by atoms with Crippen LogP contribution in [0.3, 0.4) is 0 Å². The van der Waals surface area contributed by atoms with E-state index in [1.54, 1.807) is 6.92 Å². The maximum Gasteiger partial charge on any atom is 0.412 e. The average Bonchev–Trinajstić information content (AvgIpc) is 2.67. The van der Waals surface area contributed by atoms with Crippen molar-refractivity contribution in [2.75, 3.05) is 23.4 Å². The summed E-state index contributed by atoms with van der Waals surface area (Å²) in [5, 5.41) is 2.47. The van der Waals surface area contributed by atoms with E-state index >= 15 is 0 Å². The summed E-state index contributed by atoms with van der Waals surface area (Å²) in [6.07, 6.45) is -0.179. The Labute approximate surface area is 125 Å². The smallest absolute Gasteiger partial charge is 0.412 e. The third-order valence-corrected chi connectivity index (χ3v) is 5.83. The highest BCUT2D eigenvalue weighted by Gasteiger charge is 2.29. The molecule has 8 nitrogen and oxygen atoms in total. The van der Waals surface area contributed by atoms with Gasteiger partial charge in [0.25, 0.3) is 5.56 Å². The summed E-state index contributed by atoms with van der Waals surface area (Å²) in [5.41, 5.74) is -0.430. The molecule has 2 heterocycles. The van der Waals surface area contributed by atoms with Gasteiger partial charge in [0.2, 0.25) is 0 Å². The predicted molar refractivity (Wildman–Crippen MR) is 78.4 cm³/mol. The molecule has 1 unspecified atom stereocenters. The molecule has 1 aromatic rings. The molecular formula is C11H15N3O5S2. The molecule has 1 aromatic heterocycles. The lowest BCUT2D eigenvalue weighted by atomic mass is 10.4. The molecule has 116 valence electrons. The van der Waals surface area contributed by atoms with Gasteiger partial charge in [-0.1, -0.05) is 11.8 Å². The number of ether oxygens (including phenoxy) is 1. The third kappa shape index (κ3) is 4.74. The standard InChI is InChI=1S/C11H15N3O5S2/c1-2-19-11(16)13-8-5-9(15)14-10(12-8)20-7-3-4-21(17,18)6-7/h5,7H,2-4,6H2,1H3,(H2,12,13,14,15,16). The van der Waals surface area contributed by atoms with Crippen LogP contribution in [0.25, 0.3) is 0 Å². The first kappa shape index (κ1) is 15.8. The summed E-state index contributed by atoms with van der Waals surface area (Å²) in [4.78, 5) is 29.4. The van der Waals surface area contributed by atoms with Crippen LogP contribution in [-0.2, 0) is 14.6 Å². The third-order valence-electron chi connectivity index (χ3n) is 2.69. The number of aromatic nitrogens is 2. The maximum absolute atomic E-state index is 11.5. The molecule has 1 fully saturated rings. The van der Waals surface area contributed by atoms with Crippen LogP contribution in [0, 0.1) is 0 Å². The molecular weight excluding hydrogens is 318 g/mol. The molecule has 0 spiro atoms. The van der Waals surface area contributed by atoms with Gasteiger partial charge in [0.05, 0.1) is 18.1 Å². The maximum atomic E-state index is 11.5. The Bertz CT molecular complexity index is 685. The highest BCUT2D eigenvalue weighted by Crippen LogP contribution is 2.28. The van der Waals surface area contributed by atoms with Gasteiger partial charge >= 0.3 is 6.09 Å². The number of nitrogens with one attached hydrogen (secondary N) is 2. The van der Waals surface area contributed by atoms with Gasteiger partial charge in [-0.05, 0) is 13.3 Å². The number of thioether (sulfide) groups is 1. The van der Waals surface area contributed by atoms with Crippen LogP contribution in [0.4, 0.5) is 10.6 Å². The topological polar surface area (TPSA) is 118 Å². The normalized spacial score (nSPS) is 20.1. The number of aromatic amines is 1. The van der Waals surface area contributed by atoms with Crippen molar-refractivity contribution in [1.82, 2.24) is 9.97 Å². The number of carbonyl (C=O) groups excluding carboxylic acids is 1. The average molecular weight is 333 g/mol. The molecule has 0 aliphatic carbocycles. The largest absolute Gasteiger partial charge is 0.450 e. The van der Waals surface area contributed by atoms with Crippen LogP contribution in [0.15, 0.2) is 16.0 Å². The molecule has 0 aromatic carbocycles. The first-order valence-electron chi connectivity index (χ1n) is 6.30. The summed E-state index contributed by atoms with van der Waals surface area (Å²) in [6, 6.07) is 1.13. The lowest BCUT2D eigenvalue weighted by Gasteiger charge is -2.08. The first-order valence-corrected chi connectivity index (χ1v) is 9.00. The summed E-state index contributed by atoms with van der Waals surface area (Å²) in [5.74, 6) is 0.285. The van der Waals surface area contributed by atoms with E-state index < -0.39 is 21.5 Å². The van der Waals surface area contributed by atoms with Crippen LogP contribution in [-0.4, -0.2) is 47.8 Å². The molecule has 0 bridgehead atoms. The van der Waals surface area contributed by atoms with Gasteiger partial charge in [0.15, 0.2) is 15.0 Å². The zero-order chi connectivity index (χ0) is 15.5. The predicted octanol–water partition coefficient (Wildman–Crippen LogP) is 0.617. The van der Waals surface area contributed by atoms with E-state index in [9.17, 15) is 18.0 Å². The Morgan fingerprint density at radius 3 is 3.00 bits per heavy atom. The van der Waals surface area contributed by atoms with Crippen LogP contribution in [0.2, 0.25) is 0 Å². The van der Waals surface area contributed by atoms with Gasteiger partial charge in [-0.3, -0.25) is 10.1 Å². The number of amides is 1. The van der Waals surface area contributed by atoms with Gasteiger partial charge < -0.3 is 9.72 Å². The Balaban J connectivity index is 2.08. The molecule has 1 atom stereocenters. The zero-order valence-corrected chi connectivity index (χ0v) is 12.9. The van der Waals surface area contributed by atoms with E-state index in [0.717, 1.165) is 6.07 Å². The van der Waals surface area contributed by atoms with E-state index in [1.807, 2.05) is 0 Å². The fourth-order valence-electron chi connectivity index (χ4n) is 1.84. The Kier molecular flexibility index (Phi) is 4.88. The van der Waals surface area contributed by atoms with Crippen LogP contribution < -0.4 is 10.9 Å². The van der Waals surface area contributed by atoms with Crippen molar-refractivity contribution >= 4 is 33.5 Å². The lowest BCUT2D eigenvalue weighted by Crippen LogP contribution is -2.18. The minimum absolute atomic E-state index is 0.0664. The van der Waals surface area contributed by atoms with Gasteiger partial charge in [-0.2, -0.15) is 0 Å². The summed E-state index contributed by atoms with van der Waals surface area (Å²) >= 11 is 1.18. The molecule has 1 saturated heterocycles. The molecule has 2 rings (SSSR count). The van der Waals surface area contributed by atoms with Gasteiger partial charge in [0, 0.05) is 11.3 Å². The number of hydrogen-bond donors (Lipinski definition) is 2. The number of H-pyrrole nitrogens is 1. The second-order valence-electron chi connectivity index (χ2n) is 4.42. The summed E-state index contributed by atoms with van der Waals surface area (Å²) in [6.45, 7) is 1.86. The number of hydrogen-bond acceptors (Lipinski definition) is 7. The Hall–Kier alpha value is -1.55. The van der Waals surface area contributed by atoms with Crippen LogP contribution >= 0.6 is 11.8 Å². The number of sulfone groups is 1. The summed E-state index contributed by atoms with van der Waals surface area (Å²) in [7, 11) is -2.99. The van der Waals surface area contributed by atoms with Crippen molar-refractivity contribution in [3.63, 3.8) is 0 Å². The van der Waals surface area contributed by atoms with Crippen LogP contribution in [0.5, 0.6) is 0 Å². The zero-order valence-electron chi connectivity index (χ0n) is 11.3. The van der Waals surface area contributed by atoms with Gasteiger partial charge in [-0.25, -0.2) is 18.2 Å². The second-order valence-corrected chi connectivity index (χ2v) is 7.94. The van der Waals surface area contributed by atoms with Crippen molar-refractivity contribution in [3.05, 3.63) is 16.4 Å². The van der Waals surface area contributed by atoms with E-state index in [-0.39, 0.29) is 34.3 Å².